The molecular weight excluding hydrogens is 155 g/mol. The minimum atomic E-state index is -0.769. The zero-order chi connectivity index (χ0) is 9.99. The van der Waals surface area contributed by atoms with E-state index in [-0.39, 0.29) is 0 Å². The zero-order valence-electron chi connectivity index (χ0n) is 8.84. The highest BCUT2D eigenvalue weighted by atomic mass is 16.6. The summed E-state index contributed by atoms with van der Waals surface area (Å²) in [7, 11) is 0.863. The molecule has 0 bridgehead atoms. The van der Waals surface area contributed by atoms with Gasteiger partial charge in [0.25, 0.3) is 0 Å². The van der Waals surface area contributed by atoms with Crippen LogP contribution in [0.3, 0.4) is 0 Å². The van der Waals surface area contributed by atoms with E-state index in [1.165, 1.54) is 0 Å². The Bertz CT molecular complexity index is 143. The minimum absolute atomic E-state index is 0.413. The van der Waals surface area contributed by atoms with Gasteiger partial charge in [-0.25, -0.2) is 0 Å². The Morgan fingerprint density at radius 2 is 1.50 bits per heavy atom. The van der Waals surface area contributed by atoms with Gasteiger partial charge in [-0.3, -0.25) is 0 Å². The quantitative estimate of drug-likeness (QED) is 0.653. The number of hydrogen-bond acceptors (Lipinski definition) is 3. The van der Waals surface area contributed by atoms with E-state index in [0.717, 1.165) is 0 Å². The van der Waals surface area contributed by atoms with Gasteiger partial charge in [0.1, 0.15) is 0 Å². The van der Waals surface area contributed by atoms with Crippen molar-refractivity contribution in [1.29, 1.82) is 0 Å². The summed E-state index contributed by atoms with van der Waals surface area (Å²) in [4.78, 5) is 0. The van der Waals surface area contributed by atoms with Gasteiger partial charge in [0.05, 0.1) is 11.2 Å². The summed E-state index contributed by atoms with van der Waals surface area (Å²) in [5.74, 6) is 0. The molecule has 0 fully saturated rings. The van der Waals surface area contributed by atoms with Gasteiger partial charge in [-0.05, 0) is 34.5 Å². The van der Waals surface area contributed by atoms with Gasteiger partial charge >= 0.3 is 7.12 Å². The molecule has 0 saturated carbocycles. The Hall–Kier alpha value is -0.0551. The van der Waals surface area contributed by atoms with E-state index in [9.17, 15) is 0 Å². The van der Waals surface area contributed by atoms with E-state index in [1.807, 2.05) is 27.7 Å². The van der Waals surface area contributed by atoms with Crippen molar-refractivity contribution in [2.75, 3.05) is 7.11 Å². The Labute approximate surface area is 75.2 Å². The molecule has 72 valence electrons. The second kappa shape index (κ2) is 3.77. The largest absolute Gasteiger partial charge is 0.451 e. The third-order valence-corrected chi connectivity index (χ3v) is 2.43. The van der Waals surface area contributed by atoms with Crippen LogP contribution in [0.1, 0.15) is 27.7 Å². The second-order valence-electron chi connectivity index (χ2n) is 3.94. The molecule has 0 spiro atoms. The fourth-order valence-electron chi connectivity index (χ4n) is 0.814. The molecule has 0 aromatic carbocycles. The molecular formula is C8H19BO3. The third-order valence-electron chi connectivity index (χ3n) is 2.43. The maximum absolute atomic E-state index is 9.07. The first-order chi connectivity index (χ1) is 5.23. The number of methoxy groups -OCH3 is 1. The van der Waals surface area contributed by atoms with Crippen molar-refractivity contribution < 1.29 is 14.4 Å². The molecule has 0 aromatic rings. The summed E-state index contributed by atoms with van der Waals surface area (Å²) >= 11 is 0. The molecule has 4 heteroatoms. The lowest BCUT2D eigenvalue weighted by atomic mass is 9.85. The lowest BCUT2D eigenvalue weighted by Gasteiger charge is -2.40. The van der Waals surface area contributed by atoms with E-state index < -0.39 is 18.3 Å². The van der Waals surface area contributed by atoms with Gasteiger partial charge in [-0.1, -0.05) is 0 Å². The van der Waals surface area contributed by atoms with Crippen LogP contribution < -0.4 is 0 Å². The maximum atomic E-state index is 9.07. The van der Waals surface area contributed by atoms with Crippen LogP contribution in [-0.2, 0) is 9.39 Å². The maximum Gasteiger partial charge on any atom is 0.451 e. The molecule has 1 N–H and O–H groups in total. The number of ether oxygens (including phenoxy) is 1. The number of hydrogen-bond donors (Lipinski definition) is 1. The molecule has 0 aliphatic heterocycles. The first-order valence-electron chi connectivity index (χ1n) is 4.14. The van der Waals surface area contributed by atoms with Crippen molar-refractivity contribution in [2.45, 2.75) is 45.7 Å². The van der Waals surface area contributed by atoms with E-state index >= 15 is 0 Å². The Morgan fingerprint density at radius 1 is 1.08 bits per heavy atom. The summed E-state index contributed by atoms with van der Waals surface area (Å²) in [6, 6.07) is 0. The van der Waals surface area contributed by atoms with Crippen LogP contribution in [0, 0.1) is 0 Å². The summed E-state index contributed by atoms with van der Waals surface area (Å²) in [5.41, 5.74) is -0.917. The van der Waals surface area contributed by atoms with Gasteiger partial charge in [0.2, 0.25) is 0 Å². The Morgan fingerprint density at radius 3 is 1.75 bits per heavy atom. The fourth-order valence-corrected chi connectivity index (χ4v) is 0.814. The van der Waals surface area contributed by atoms with E-state index in [2.05, 4.69) is 0 Å². The lowest BCUT2D eigenvalue weighted by molar-refractivity contribution is -0.122. The third kappa shape index (κ3) is 2.77. The van der Waals surface area contributed by atoms with Crippen LogP contribution >= 0.6 is 0 Å². The molecule has 0 heterocycles. The van der Waals surface area contributed by atoms with Crippen LogP contribution in [-0.4, -0.2) is 30.5 Å². The van der Waals surface area contributed by atoms with Gasteiger partial charge in [-0.2, -0.15) is 0 Å². The monoisotopic (exact) mass is 174 g/mol. The van der Waals surface area contributed by atoms with Crippen LogP contribution in [0.25, 0.3) is 0 Å². The molecule has 0 radical (unpaired) electrons. The van der Waals surface area contributed by atoms with Crippen LogP contribution in [0.2, 0.25) is 6.82 Å². The normalized spacial score (nSPS) is 13.2. The SMILES string of the molecule is COC(C)(C)C(C)(C)OB(C)O. The summed E-state index contributed by atoms with van der Waals surface area (Å²) in [5, 5.41) is 9.07. The second-order valence-corrected chi connectivity index (χ2v) is 3.94. The minimum Gasteiger partial charge on any atom is -0.427 e. The first-order valence-corrected chi connectivity index (χ1v) is 4.14. The number of rotatable bonds is 4. The molecule has 0 amide bonds. The molecule has 0 aromatic heterocycles. The van der Waals surface area contributed by atoms with Gasteiger partial charge in [-0.15, -0.1) is 0 Å². The molecule has 0 aliphatic rings. The standard InChI is InChI=1S/C8H19BO3/c1-7(2,11-6)8(3,4)12-9(5)10/h10H,1-6H3. The Balaban J connectivity index is 4.37. The van der Waals surface area contributed by atoms with Crippen LogP contribution in [0.15, 0.2) is 0 Å². The molecule has 0 rings (SSSR count). The van der Waals surface area contributed by atoms with Crippen molar-refractivity contribution >= 4 is 7.12 Å². The highest BCUT2D eigenvalue weighted by molar-refractivity contribution is 6.40. The van der Waals surface area contributed by atoms with Gasteiger partial charge < -0.3 is 14.4 Å². The highest BCUT2D eigenvalue weighted by Gasteiger charge is 2.39. The van der Waals surface area contributed by atoms with E-state index in [4.69, 9.17) is 14.4 Å². The van der Waals surface area contributed by atoms with E-state index in [1.54, 1.807) is 13.9 Å². The molecule has 0 aliphatic carbocycles. The van der Waals surface area contributed by atoms with Crippen molar-refractivity contribution in [1.82, 2.24) is 0 Å². The smallest absolute Gasteiger partial charge is 0.427 e. The fraction of sp³-hybridized carbons (Fsp3) is 1.00. The van der Waals surface area contributed by atoms with Crippen molar-refractivity contribution in [3.8, 4) is 0 Å². The zero-order valence-corrected chi connectivity index (χ0v) is 8.84. The molecule has 0 saturated heterocycles. The first kappa shape index (κ1) is 11.9. The average molecular weight is 174 g/mol. The Kier molecular flexibility index (Phi) is 3.75. The predicted molar refractivity (Wildman–Crippen MR) is 50.1 cm³/mol. The van der Waals surface area contributed by atoms with Gasteiger partial charge in [0, 0.05) is 7.11 Å². The van der Waals surface area contributed by atoms with Crippen LogP contribution in [0.5, 0.6) is 0 Å². The van der Waals surface area contributed by atoms with Gasteiger partial charge in [0.15, 0.2) is 0 Å². The van der Waals surface area contributed by atoms with Crippen molar-refractivity contribution in [3.05, 3.63) is 0 Å². The van der Waals surface area contributed by atoms with Crippen molar-refractivity contribution in [3.63, 3.8) is 0 Å². The summed E-state index contributed by atoms with van der Waals surface area (Å²) in [6.07, 6.45) is 0. The summed E-state index contributed by atoms with van der Waals surface area (Å²) < 4.78 is 10.6. The van der Waals surface area contributed by atoms with Crippen LogP contribution in [0.4, 0.5) is 0 Å². The van der Waals surface area contributed by atoms with E-state index in [0.29, 0.717) is 0 Å². The van der Waals surface area contributed by atoms with Crippen molar-refractivity contribution in [2.24, 2.45) is 0 Å². The lowest BCUT2D eigenvalue weighted by Crippen LogP contribution is -2.51. The molecule has 3 nitrogen and oxygen atoms in total. The summed E-state index contributed by atoms with van der Waals surface area (Å²) in [6.45, 7) is 9.23. The predicted octanol–water partition coefficient (Wildman–Crippen LogP) is 1.32. The highest BCUT2D eigenvalue weighted by Crippen LogP contribution is 2.28. The topological polar surface area (TPSA) is 38.7 Å². The molecule has 0 atom stereocenters. The molecule has 12 heavy (non-hydrogen) atoms. The average Bonchev–Trinajstić information content (AvgIpc) is 1.84. The molecule has 0 unspecified atom stereocenters.